The van der Waals surface area contributed by atoms with Crippen LogP contribution in [0.15, 0.2) is 66.0 Å². The Balaban J connectivity index is 1.84. The Kier molecular flexibility index (Phi) is 5.81. The molecule has 1 N–H and O–H groups in total. The Labute approximate surface area is 157 Å². The van der Waals surface area contributed by atoms with Gasteiger partial charge in [0.1, 0.15) is 11.9 Å². The molecule has 134 valence electrons. The van der Waals surface area contributed by atoms with E-state index in [0.717, 1.165) is 5.56 Å². The number of benzene rings is 2. The molecule has 3 rings (SSSR count). The number of carbonyl (C=O) groups excluding carboxylic acids is 1. The Morgan fingerprint density at radius 2 is 1.81 bits per heavy atom. The van der Waals surface area contributed by atoms with Gasteiger partial charge < -0.3 is 5.32 Å². The Hall–Kier alpha value is -2.50. The zero-order valence-electron chi connectivity index (χ0n) is 14.8. The third-order valence-electron chi connectivity index (χ3n) is 4.28. The summed E-state index contributed by atoms with van der Waals surface area (Å²) in [5.74, 6) is -0.465. The fraction of sp³-hybridized carbons (Fsp3) is 0.190. The quantitative estimate of drug-likeness (QED) is 0.663. The standard InChI is InChI=1S/C21H21FN2OS/c1-15-12-13-26-19(15)14-24(2)20(16-6-4-3-5-7-16)21(25)23-18-10-8-17(22)9-11-18/h3-13,20H,14H2,1-2H3,(H,23,25)/t20-/m0/s1. The van der Waals surface area contributed by atoms with Gasteiger partial charge in [0.2, 0.25) is 5.91 Å². The molecule has 1 amide bonds. The number of amides is 1. The van der Waals surface area contributed by atoms with Crippen LogP contribution in [0, 0.1) is 12.7 Å². The molecule has 3 aromatic rings. The first-order valence-corrected chi connectivity index (χ1v) is 9.27. The summed E-state index contributed by atoms with van der Waals surface area (Å²) < 4.78 is 13.1. The summed E-state index contributed by atoms with van der Waals surface area (Å²) in [6.07, 6.45) is 0. The highest BCUT2D eigenvalue weighted by atomic mass is 32.1. The van der Waals surface area contributed by atoms with Gasteiger partial charge in [0.25, 0.3) is 0 Å². The van der Waals surface area contributed by atoms with Crippen LogP contribution >= 0.6 is 11.3 Å². The maximum Gasteiger partial charge on any atom is 0.246 e. The Morgan fingerprint density at radius 1 is 1.12 bits per heavy atom. The van der Waals surface area contributed by atoms with E-state index in [1.165, 1.54) is 22.6 Å². The number of halogens is 1. The number of carbonyl (C=O) groups is 1. The van der Waals surface area contributed by atoms with E-state index in [9.17, 15) is 9.18 Å². The number of hydrogen-bond acceptors (Lipinski definition) is 3. The highest BCUT2D eigenvalue weighted by molar-refractivity contribution is 7.10. The van der Waals surface area contributed by atoms with E-state index in [2.05, 4.69) is 23.7 Å². The van der Waals surface area contributed by atoms with Crippen LogP contribution in [0.25, 0.3) is 0 Å². The van der Waals surface area contributed by atoms with E-state index >= 15 is 0 Å². The van der Waals surface area contributed by atoms with Gasteiger partial charge in [-0.05, 0) is 60.8 Å². The van der Waals surface area contributed by atoms with E-state index < -0.39 is 6.04 Å². The lowest BCUT2D eigenvalue weighted by Crippen LogP contribution is -2.34. The summed E-state index contributed by atoms with van der Waals surface area (Å²) in [6, 6.07) is 17.2. The predicted molar refractivity (Wildman–Crippen MR) is 105 cm³/mol. The molecule has 1 atom stereocenters. The van der Waals surface area contributed by atoms with Crippen molar-refractivity contribution in [3.05, 3.63) is 87.9 Å². The molecule has 0 aliphatic rings. The lowest BCUT2D eigenvalue weighted by Gasteiger charge is -2.27. The van der Waals surface area contributed by atoms with E-state index in [-0.39, 0.29) is 11.7 Å². The van der Waals surface area contributed by atoms with Gasteiger partial charge in [-0.15, -0.1) is 11.3 Å². The third-order valence-corrected chi connectivity index (χ3v) is 5.29. The largest absolute Gasteiger partial charge is 0.324 e. The van der Waals surface area contributed by atoms with Gasteiger partial charge in [-0.3, -0.25) is 9.69 Å². The smallest absolute Gasteiger partial charge is 0.246 e. The molecular formula is C21H21FN2OS. The fourth-order valence-corrected chi connectivity index (χ4v) is 3.84. The summed E-state index contributed by atoms with van der Waals surface area (Å²) in [5, 5.41) is 4.96. The van der Waals surface area contributed by atoms with E-state index in [0.29, 0.717) is 12.2 Å². The average molecular weight is 368 g/mol. The summed E-state index contributed by atoms with van der Waals surface area (Å²) in [7, 11) is 1.95. The van der Waals surface area contributed by atoms with E-state index in [1.54, 1.807) is 23.5 Å². The van der Waals surface area contributed by atoms with Gasteiger partial charge in [0, 0.05) is 17.1 Å². The molecule has 0 bridgehead atoms. The molecule has 0 aliphatic heterocycles. The SMILES string of the molecule is Cc1ccsc1CN(C)[C@H](C(=O)Nc1ccc(F)cc1)c1ccccc1. The van der Waals surface area contributed by atoms with E-state index in [1.807, 2.05) is 42.3 Å². The van der Waals surface area contributed by atoms with Crippen molar-refractivity contribution >= 4 is 22.9 Å². The van der Waals surface area contributed by atoms with Crippen LogP contribution in [-0.4, -0.2) is 17.9 Å². The molecule has 5 heteroatoms. The zero-order chi connectivity index (χ0) is 18.5. The molecule has 2 aromatic carbocycles. The maximum absolute atomic E-state index is 13.1. The van der Waals surface area contributed by atoms with Crippen LogP contribution < -0.4 is 5.32 Å². The van der Waals surface area contributed by atoms with Gasteiger partial charge in [-0.25, -0.2) is 4.39 Å². The normalized spacial score (nSPS) is 12.2. The van der Waals surface area contributed by atoms with Crippen LogP contribution in [0.5, 0.6) is 0 Å². The second kappa shape index (κ2) is 8.25. The molecule has 26 heavy (non-hydrogen) atoms. The van der Waals surface area contributed by atoms with Gasteiger partial charge in [0.05, 0.1) is 0 Å². The fourth-order valence-electron chi connectivity index (χ4n) is 2.87. The lowest BCUT2D eigenvalue weighted by atomic mass is 10.0. The van der Waals surface area contributed by atoms with Crippen molar-refractivity contribution in [1.82, 2.24) is 4.90 Å². The highest BCUT2D eigenvalue weighted by Gasteiger charge is 2.26. The molecule has 1 aromatic heterocycles. The lowest BCUT2D eigenvalue weighted by molar-refractivity contribution is -0.121. The summed E-state index contributed by atoms with van der Waals surface area (Å²) >= 11 is 1.69. The van der Waals surface area contributed by atoms with Crippen LogP contribution in [0.4, 0.5) is 10.1 Å². The molecule has 1 heterocycles. The molecule has 0 aliphatic carbocycles. The van der Waals surface area contributed by atoms with Gasteiger partial charge in [-0.2, -0.15) is 0 Å². The first-order valence-electron chi connectivity index (χ1n) is 8.39. The summed E-state index contributed by atoms with van der Waals surface area (Å²) in [6.45, 7) is 2.76. The van der Waals surface area contributed by atoms with Crippen molar-refractivity contribution in [1.29, 1.82) is 0 Å². The summed E-state index contributed by atoms with van der Waals surface area (Å²) in [4.78, 5) is 16.3. The Morgan fingerprint density at radius 3 is 2.42 bits per heavy atom. The molecule has 0 radical (unpaired) electrons. The van der Waals surface area contributed by atoms with Crippen molar-refractivity contribution in [2.24, 2.45) is 0 Å². The van der Waals surface area contributed by atoms with Crippen molar-refractivity contribution in [2.45, 2.75) is 19.5 Å². The third kappa shape index (κ3) is 4.36. The number of hydrogen-bond donors (Lipinski definition) is 1. The van der Waals surface area contributed by atoms with Gasteiger partial charge in [-0.1, -0.05) is 30.3 Å². The van der Waals surface area contributed by atoms with Crippen LogP contribution in [0.3, 0.4) is 0 Å². The van der Waals surface area contributed by atoms with Crippen LogP contribution in [0.2, 0.25) is 0 Å². The maximum atomic E-state index is 13.1. The molecular weight excluding hydrogens is 347 g/mol. The second-order valence-electron chi connectivity index (χ2n) is 6.25. The Bertz CT molecular complexity index is 861. The predicted octanol–water partition coefficient (Wildman–Crippen LogP) is 5.01. The first kappa shape index (κ1) is 18.3. The number of nitrogens with one attached hydrogen (secondary N) is 1. The highest BCUT2D eigenvalue weighted by Crippen LogP contribution is 2.26. The van der Waals surface area contributed by atoms with Gasteiger partial charge in [0.15, 0.2) is 0 Å². The average Bonchev–Trinajstić information content (AvgIpc) is 3.03. The van der Waals surface area contributed by atoms with Crippen LogP contribution in [0.1, 0.15) is 22.0 Å². The molecule has 0 spiro atoms. The number of anilines is 1. The second-order valence-corrected chi connectivity index (χ2v) is 7.25. The number of nitrogens with zero attached hydrogens (tertiary/aromatic N) is 1. The van der Waals surface area contributed by atoms with Crippen molar-refractivity contribution in [3.8, 4) is 0 Å². The minimum Gasteiger partial charge on any atom is -0.324 e. The monoisotopic (exact) mass is 368 g/mol. The molecule has 0 saturated carbocycles. The molecule has 3 nitrogen and oxygen atoms in total. The van der Waals surface area contributed by atoms with Crippen molar-refractivity contribution in [3.63, 3.8) is 0 Å². The summed E-state index contributed by atoms with van der Waals surface area (Å²) in [5.41, 5.74) is 2.73. The number of aryl methyl sites for hydroxylation is 1. The molecule has 0 saturated heterocycles. The molecule has 0 fully saturated rings. The minimum absolute atomic E-state index is 0.139. The van der Waals surface area contributed by atoms with Crippen molar-refractivity contribution < 1.29 is 9.18 Å². The van der Waals surface area contributed by atoms with Crippen LogP contribution in [-0.2, 0) is 11.3 Å². The minimum atomic E-state index is -0.442. The number of rotatable bonds is 6. The van der Waals surface area contributed by atoms with E-state index in [4.69, 9.17) is 0 Å². The number of likely N-dealkylation sites (N-methyl/N-ethyl adjacent to an activating group) is 1. The first-order chi connectivity index (χ1) is 12.5. The zero-order valence-corrected chi connectivity index (χ0v) is 15.6. The van der Waals surface area contributed by atoms with Crippen molar-refractivity contribution in [2.75, 3.05) is 12.4 Å². The topological polar surface area (TPSA) is 32.3 Å². The van der Waals surface area contributed by atoms with Gasteiger partial charge >= 0.3 is 0 Å². The molecule has 0 unspecified atom stereocenters. The number of thiophene rings is 1.